The molecule has 0 amide bonds. The molecule has 0 radical (unpaired) electrons. The Bertz CT molecular complexity index is 2140. The Balaban J connectivity index is 0.000000603. The van der Waals surface area contributed by atoms with E-state index in [2.05, 4.69) is 57.8 Å². The number of benzene rings is 2. The van der Waals surface area contributed by atoms with Gasteiger partial charge in [0.25, 0.3) is 0 Å². The molecule has 0 unspecified atom stereocenters. The van der Waals surface area contributed by atoms with Gasteiger partial charge in [-0.1, -0.05) is 74.3 Å². The topological polar surface area (TPSA) is 149 Å². The van der Waals surface area contributed by atoms with Crippen LogP contribution in [-0.4, -0.2) is 37.8 Å². The summed E-state index contributed by atoms with van der Waals surface area (Å²) in [5.41, 5.74) is 0.425. The van der Waals surface area contributed by atoms with Gasteiger partial charge in [-0.15, -0.1) is 0 Å². The first-order valence-corrected chi connectivity index (χ1v) is 29.9. The van der Waals surface area contributed by atoms with E-state index in [-0.39, 0.29) is 46.8 Å². The van der Waals surface area contributed by atoms with Crippen molar-refractivity contribution in [3.8, 4) is 28.7 Å². The molecule has 0 aliphatic heterocycles. The van der Waals surface area contributed by atoms with Crippen molar-refractivity contribution < 1.29 is 80.2 Å². The van der Waals surface area contributed by atoms with Gasteiger partial charge in [0.05, 0.1) is 0 Å². The van der Waals surface area contributed by atoms with Crippen LogP contribution in [0.15, 0.2) is 71.9 Å². The second-order valence-corrected chi connectivity index (χ2v) is 17.8. The zero-order valence-corrected chi connectivity index (χ0v) is 45.2. The molecule has 4 rings (SSSR count). The van der Waals surface area contributed by atoms with Crippen LogP contribution < -0.4 is 23.1 Å². The summed E-state index contributed by atoms with van der Waals surface area (Å²) >= 11 is 4.25. The monoisotopic (exact) mass is 1060 g/mol. The second kappa shape index (κ2) is 28.3. The molecule has 0 fully saturated rings. The van der Waals surface area contributed by atoms with Gasteiger partial charge in [0, 0.05) is 62.8 Å². The SMILES string of the molecule is C=C(C)[C@@H]1CCC(C)=C[C@H]1c1c(OC(C)=O)cc(CCCCC)cc1OC(C)=O.C=C(C)[C@@H]1CCC(C)=C[C@H]1c1c(OC(C)=O)cc(OS(=O)(=O)C(F)(F)F)cc1OC(C)=O.[CH2-]CC.[Zn+][Br]. The maximum absolute atomic E-state index is 12.8. The van der Waals surface area contributed by atoms with Crippen LogP contribution in [0.3, 0.4) is 0 Å². The first-order valence-electron chi connectivity index (χ1n) is 21.6. The number of carbonyl (C=O) groups is 4. The van der Waals surface area contributed by atoms with Crippen molar-refractivity contribution in [3.05, 3.63) is 95.5 Å². The summed E-state index contributed by atoms with van der Waals surface area (Å²) in [7, 11) is -6.02. The number of allylic oxidation sites excluding steroid dienone is 6. The fourth-order valence-corrected chi connectivity index (χ4v) is 8.05. The Kier molecular flexibility index (Phi) is 25.7. The Hall–Kier alpha value is -4.08. The van der Waals surface area contributed by atoms with Crippen LogP contribution in [0.4, 0.5) is 13.2 Å². The average Bonchev–Trinajstić information content (AvgIpc) is 3.17. The number of rotatable bonds is 14. The van der Waals surface area contributed by atoms with Crippen LogP contribution >= 0.6 is 13.6 Å². The summed E-state index contributed by atoms with van der Waals surface area (Å²) in [5, 5.41) is 0. The second-order valence-electron chi connectivity index (χ2n) is 16.2. The van der Waals surface area contributed by atoms with Gasteiger partial charge >= 0.3 is 69.5 Å². The van der Waals surface area contributed by atoms with Crippen molar-refractivity contribution in [3.63, 3.8) is 0 Å². The van der Waals surface area contributed by atoms with Gasteiger partial charge in [-0.05, 0) is 95.8 Å². The van der Waals surface area contributed by atoms with Crippen molar-refractivity contribution in [1.29, 1.82) is 0 Å². The molecule has 0 saturated carbocycles. The van der Waals surface area contributed by atoms with Gasteiger partial charge < -0.3 is 30.1 Å². The molecule has 66 heavy (non-hydrogen) atoms. The predicted molar refractivity (Wildman–Crippen MR) is 250 cm³/mol. The zero-order valence-electron chi connectivity index (χ0n) is 39.9. The minimum atomic E-state index is -6.02. The number of esters is 4. The first-order chi connectivity index (χ1) is 30.8. The molecule has 0 bridgehead atoms. The molecule has 362 valence electrons. The van der Waals surface area contributed by atoms with E-state index in [4.69, 9.17) is 18.9 Å². The molecule has 11 nitrogen and oxygen atoms in total. The van der Waals surface area contributed by atoms with Crippen molar-refractivity contribution in [2.45, 2.75) is 144 Å². The van der Waals surface area contributed by atoms with E-state index in [1.165, 1.54) is 35.8 Å². The molecule has 2 aromatic rings. The third-order valence-electron chi connectivity index (χ3n) is 10.2. The van der Waals surface area contributed by atoms with Crippen LogP contribution in [0.5, 0.6) is 28.7 Å². The third-order valence-corrected chi connectivity index (χ3v) is 11.2. The quantitative estimate of drug-likeness (QED) is 0.0260. The number of unbranched alkanes of at least 4 members (excludes halogenated alkanes) is 2. The molecular weight excluding hydrogens is 999 g/mol. The number of carbonyl (C=O) groups excluding carboxylic acids is 4. The van der Waals surface area contributed by atoms with Crippen LogP contribution in [0, 0.1) is 18.8 Å². The van der Waals surface area contributed by atoms with Crippen LogP contribution in [0.25, 0.3) is 0 Å². The van der Waals surface area contributed by atoms with Gasteiger partial charge in [0.2, 0.25) is 0 Å². The van der Waals surface area contributed by atoms with Crippen LogP contribution in [0.1, 0.15) is 149 Å². The Morgan fingerprint density at radius 2 is 1.03 bits per heavy atom. The average molecular weight is 1060 g/mol. The zero-order chi connectivity index (χ0) is 50.7. The van der Waals surface area contributed by atoms with Crippen LogP contribution in [-0.2, 0) is 52.1 Å². The molecule has 4 atom stereocenters. The number of hydrogen-bond donors (Lipinski definition) is 0. The van der Waals surface area contributed by atoms with Crippen molar-refractivity contribution in [2.24, 2.45) is 11.8 Å². The number of hydrogen-bond acceptors (Lipinski definition) is 11. The molecule has 0 spiro atoms. The molecule has 0 heterocycles. The van der Waals surface area contributed by atoms with Gasteiger partial charge in [-0.25, -0.2) is 0 Å². The van der Waals surface area contributed by atoms with Crippen LogP contribution in [0.2, 0.25) is 0 Å². The normalized spacial score (nSPS) is 17.8. The summed E-state index contributed by atoms with van der Waals surface area (Å²) in [4.78, 5) is 47.2. The van der Waals surface area contributed by atoms with Gasteiger partial charge in [-0.2, -0.15) is 28.0 Å². The molecule has 2 aliphatic carbocycles. The van der Waals surface area contributed by atoms with Crippen molar-refractivity contribution in [2.75, 3.05) is 0 Å². The third kappa shape index (κ3) is 18.9. The fraction of sp³-hybridized carbons (Fsp3) is 0.490. The molecule has 0 N–H and O–H groups in total. The molecule has 0 saturated heterocycles. The summed E-state index contributed by atoms with van der Waals surface area (Å²) < 4.78 is 87.2. The number of ether oxygens (including phenoxy) is 4. The number of halogens is 4. The Morgan fingerprint density at radius 3 is 1.32 bits per heavy atom. The fourth-order valence-electron chi connectivity index (χ4n) is 7.60. The first kappa shape index (κ1) is 59.9. The van der Waals surface area contributed by atoms with Gasteiger partial charge in [0.15, 0.2) is 0 Å². The van der Waals surface area contributed by atoms with E-state index < -0.39 is 39.2 Å². The minimum absolute atomic E-state index is 0.0466. The molecule has 0 aromatic heterocycles. The molecular formula is C49H64BrF3O11SZn. The summed E-state index contributed by atoms with van der Waals surface area (Å²) in [6.07, 6.45) is 12.6. The standard InChI is InChI=1S/C25H34O4.C21H23F3O7S.C3H7.BrH.Zn/c1-7-8-9-10-20-14-23(28-18(5)26)25(24(15-20)29-19(6)27)22-13-17(4)11-12-21(22)16(2)3;1-11(2)16-7-6-12(3)8-17(16)20-18(29-13(4)25)9-15(10-19(20)30-14(5)26)31-32(27,28)21(22,23)24;1-3-2;;/h13-15,21-22H,2,7-12H2,1,3-6H3;8-10,16-17H,1,6-7H2,2-5H3;1,3H2,2H3;1H;/q;;-1;;+2/p-1/t21-,22+;16-,17+;;;/m00.../s1. The van der Waals surface area contributed by atoms with Crippen molar-refractivity contribution in [1.82, 2.24) is 0 Å². The predicted octanol–water partition coefficient (Wildman–Crippen LogP) is 13.1. The Labute approximate surface area is 406 Å². The maximum atomic E-state index is 12.8. The van der Waals surface area contributed by atoms with E-state index in [9.17, 15) is 40.8 Å². The van der Waals surface area contributed by atoms with Gasteiger partial charge in [0.1, 0.15) is 28.7 Å². The summed E-state index contributed by atoms with van der Waals surface area (Å²) in [6.45, 7) is 28.6. The van der Waals surface area contributed by atoms with E-state index in [0.29, 0.717) is 17.9 Å². The summed E-state index contributed by atoms with van der Waals surface area (Å²) in [6, 6.07) is 5.57. The van der Waals surface area contributed by atoms with E-state index in [1.54, 1.807) is 6.92 Å². The Morgan fingerprint density at radius 1 is 0.697 bits per heavy atom. The van der Waals surface area contributed by atoms with Gasteiger partial charge in [-0.3, -0.25) is 19.2 Å². The number of aryl methyl sites for hydroxylation is 1. The summed E-state index contributed by atoms with van der Waals surface area (Å²) in [5.74, 6) is -3.33. The molecule has 2 aromatic carbocycles. The molecule has 17 heteroatoms. The van der Waals surface area contributed by atoms with E-state index in [1.807, 2.05) is 39.0 Å². The van der Waals surface area contributed by atoms with E-state index in [0.717, 1.165) is 105 Å². The van der Waals surface area contributed by atoms with E-state index >= 15 is 0 Å². The number of alkyl halides is 3. The molecule has 2 aliphatic rings. The van der Waals surface area contributed by atoms with Crippen molar-refractivity contribution >= 4 is 47.6 Å².